The first-order chi connectivity index (χ1) is 6.55. The van der Waals surface area contributed by atoms with Crippen LogP contribution >= 0.6 is 0 Å². The van der Waals surface area contributed by atoms with Crippen LogP contribution in [0, 0.1) is 6.07 Å². The van der Waals surface area contributed by atoms with E-state index < -0.39 is 18.6 Å². The summed E-state index contributed by atoms with van der Waals surface area (Å²) < 4.78 is 36.4. The molecule has 0 aliphatic heterocycles. The number of hydrogen-bond acceptors (Lipinski definition) is 1. The molecule has 0 unspecified atom stereocenters. The van der Waals surface area contributed by atoms with Crippen LogP contribution < -0.4 is 5.32 Å². The minimum atomic E-state index is -3.82. The van der Waals surface area contributed by atoms with Crippen molar-refractivity contribution in [2.75, 3.05) is 6.67 Å². The van der Waals surface area contributed by atoms with Gasteiger partial charge in [-0.3, -0.25) is 10.1 Å². The Kier molecular flexibility index (Phi) is 3.11. The summed E-state index contributed by atoms with van der Waals surface area (Å²) in [5.74, 6) is -1.05. The van der Waals surface area contributed by atoms with Gasteiger partial charge in [0.05, 0.1) is 0 Å². The van der Waals surface area contributed by atoms with E-state index in [9.17, 15) is 18.0 Å². The summed E-state index contributed by atoms with van der Waals surface area (Å²) in [6.07, 6.45) is 0. The Balaban J connectivity index is 2.69. The first kappa shape index (κ1) is 10.6. The summed E-state index contributed by atoms with van der Waals surface area (Å²) in [6.45, 7) is -1.93. The van der Waals surface area contributed by atoms with Crippen molar-refractivity contribution in [3.05, 3.63) is 35.9 Å². The van der Waals surface area contributed by atoms with Gasteiger partial charge in [0.25, 0.3) is 5.91 Å². The molecule has 2 nitrogen and oxygen atoms in total. The number of hydrogen-bond donors (Lipinski definition) is 1. The maximum Gasteiger partial charge on any atom is 0.353 e. The van der Waals surface area contributed by atoms with E-state index in [0.29, 0.717) is 0 Å². The number of rotatable bonds is 3. The average molecular weight is 202 g/mol. The Morgan fingerprint density at radius 1 is 1.50 bits per heavy atom. The van der Waals surface area contributed by atoms with E-state index >= 15 is 0 Å². The Bertz CT molecular complexity index is 313. The van der Waals surface area contributed by atoms with E-state index in [0.717, 1.165) is 0 Å². The molecule has 5 heteroatoms. The lowest BCUT2D eigenvalue weighted by molar-refractivity contribution is -0.0468. The average Bonchev–Trinajstić information content (AvgIpc) is 2.19. The van der Waals surface area contributed by atoms with Gasteiger partial charge >= 0.3 is 6.05 Å². The number of amides is 1. The number of nitrogens with one attached hydrogen (secondary N) is 1. The first-order valence-corrected chi connectivity index (χ1v) is 3.78. The molecule has 1 aromatic rings. The van der Waals surface area contributed by atoms with Crippen LogP contribution in [0.15, 0.2) is 24.3 Å². The second-order valence-corrected chi connectivity index (χ2v) is 2.57. The van der Waals surface area contributed by atoms with Gasteiger partial charge in [-0.15, -0.1) is 0 Å². The number of carbonyl (C=O) groups excluding carboxylic acids is 1. The van der Waals surface area contributed by atoms with Crippen LogP contribution in [0.5, 0.6) is 0 Å². The van der Waals surface area contributed by atoms with Gasteiger partial charge in [-0.1, -0.05) is 18.2 Å². The molecular weight excluding hydrogens is 195 g/mol. The SMILES string of the molecule is O=C(NC(F)(F)CF)c1[c]cccc1. The molecule has 1 N–H and O–H groups in total. The zero-order valence-corrected chi connectivity index (χ0v) is 7.06. The van der Waals surface area contributed by atoms with Crippen molar-refractivity contribution >= 4 is 5.91 Å². The lowest BCUT2D eigenvalue weighted by Crippen LogP contribution is -2.42. The molecule has 0 saturated carbocycles. The molecule has 1 amide bonds. The van der Waals surface area contributed by atoms with E-state index in [4.69, 9.17) is 0 Å². The van der Waals surface area contributed by atoms with Gasteiger partial charge in [-0.25, -0.2) is 4.39 Å². The fraction of sp³-hybridized carbons (Fsp3) is 0.222. The van der Waals surface area contributed by atoms with Gasteiger partial charge < -0.3 is 0 Å². The topological polar surface area (TPSA) is 29.1 Å². The highest BCUT2D eigenvalue weighted by Gasteiger charge is 2.31. The quantitative estimate of drug-likeness (QED) is 0.743. The molecule has 0 aromatic heterocycles. The van der Waals surface area contributed by atoms with E-state index in [1.807, 2.05) is 0 Å². The van der Waals surface area contributed by atoms with Crippen LogP contribution in [0.2, 0.25) is 0 Å². The maximum atomic E-state index is 12.4. The molecule has 0 heterocycles. The Morgan fingerprint density at radius 3 is 2.71 bits per heavy atom. The Hall–Kier alpha value is -1.52. The van der Waals surface area contributed by atoms with Crippen LogP contribution in [-0.4, -0.2) is 18.6 Å². The van der Waals surface area contributed by atoms with Gasteiger partial charge in [-0.2, -0.15) is 8.78 Å². The van der Waals surface area contributed by atoms with E-state index in [1.54, 1.807) is 6.07 Å². The van der Waals surface area contributed by atoms with Crippen LogP contribution in [0.3, 0.4) is 0 Å². The minimum absolute atomic E-state index is 0.0550. The molecule has 75 valence electrons. The second-order valence-electron chi connectivity index (χ2n) is 2.57. The summed E-state index contributed by atoms with van der Waals surface area (Å²) in [7, 11) is 0. The fourth-order valence-corrected chi connectivity index (χ4v) is 0.801. The highest BCUT2D eigenvalue weighted by atomic mass is 19.3. The monoisotopic (exact) mass is 202 g/mol. The summed E-state index contributed by atoms with van der Waals surface area (Å²) in [6, 6.07) is 4.43. The van der Waals surface area contributed by atoms with Gasteiger partial charge in [-0.05, 0) is 12.1 Å². The maximum absolute atomic E-state index is 12.4. The van der Waals surface area contributed by atoms with E-state index in [2.05, 4.69) is 6.07 Å². The largest absolute Gasteiger partial charge is 0.353 e. The Morgan fingerprint density at radius 2 is 2.21 bits per heavy atom. The van der Waals surface area contributed by atoms with Crippen molar-refractivity contribution in [1.29, 1.82) is 0 Å². The minimum Gasteiger partial charge on any atom is -0.291 e. The lowest BCUT2D eigenvalue weighted by atomic mass is 10.2. The second kappa shape index (κ2) is 4.13. The van der Waals surface area contributed by atoms with Crippen LogP contribution in [0.25, 0.3) is 0 Å². The highest BCUT2D eigenvalue weighted by Crippen LogP contribution is 2.10. The van der Waals surface area contributed by atoms with Crippen molar-refractivity contribution in [2.45, 2.75) is 6.05 Å². The summed E-state index contributed by atoms with van der Waals surface area (Å²) in [5, 5.41) is 1.24. The third-order valence-electron chi connectivity index (χ3n) is 1.42. The summed E-state index contributed by atoms with van der Waals surface area (Å²) in [5.41, 5.74) is -0.0550. The van der Waals surface area contributed by atoms with Crippen molar-refractivity contribution in [2.24, 2.45) is 0 Å². The lowest BCUT2D eigenvalue weighted by Gasteiger charge is -2.13. The van der Waals surface area contributed by atoms with Crippen molar-refractivity contribution < 1.29 is 18.0 Å². The van der Waals surface area contributed by atoms with Crippen molar-refractivity contribution in [3.8, 4) is 0 Å². The summed E-state index contributed by atoms with van der Waals surface area (Å²) in [4.78, 5) is 11.0. The molecule has 0 bridgehead atoms. The molecule has 14 heavy (non-hydrogen) atoms. The molecular formula is C9H7F3NO. The molecule has 0 aliphatic rings. The molecule has 1 radical (unpaired) electrons. The van der Waals surface area contributed by atoms with E-state index in [1.165, 1.54) is 23.5 Å². The molecule has 0 aliphatic carbocycles. The molecule has 1 aromatic carbocycles. The van der Waals surface area contributed by atoms with Crippen molar-refractivity contribution in [3.63, 3.8) is 0 Å². The van der Waals surface area contributed by atoms with Gasteiger partial charge in [0.15, 0.2) is 6.67 Å². The molecule has 1 rings (SSSR count). The van der Waals surface area contributed by atoms with E-state index in [-0.39, 0.29) is 5.56 Å². The smallest absolute Gasteiger partial charge is 0.291 e. The molecule has 0 saturated heterocycles. The number of alkyl halides is 3. The number of carbonyl (C=O) groups is 1. The predicted octanol–water partition coefficient (Wildman–Crippen LogP) is 1.78. The number of benzene rings is 1. The van der Waals surface area contributed by atoms with Gasteiger partial charge in [0.1, 0.15) is 0 Å². The first-order valence-electron chi connectivity index (χ1n) is 3.78. The fourth-order valence-electron chi connectivity index (χ4n) is 0.801. The third kappa shape index (κ3) is 2.76. The van der Waals surface area contributed by atoms with Crippen LogP contribution in [-0.2, 0) is 0 Å². The molecule has 0 atom stereocenters. The standard InChI is InChI=1S/C9H7F3NO/c10-6-9(11,12)13-8(14)7-4-2-1-3-5-7/h1-4H,6H2,(H,13,14). The zero-order valence-electron chi connectivity index (χ0n) is 7.06. The van der Waals surface area contributed by atoms with Crippen molar-refractivity contribution in [1.82, 2.24) is 5.32 Å². The predicted molar refractivity (Wildman–Crippen MR) is 43.7 cm³/mol. The molecule has 0 spiro atoms. The van der Waals surface area contributed by atoms with Crippen LogP contribution in [0.1, 0.15) is 10.4 Å². The molecule has 0 fully saturated rings. The normalized spacial score (nSPS) is 11.1. The van der Waals surface area contributed by atoms with Gasteiger partial charge in [0.2, 0.25) is 0 Å². The number of halogens is 3. The summed E-state index contributed by atoms with van der Waals surface area (Å²) >= 11 is 0. The highest BCUT2D eigenvalue weighted by molar-refractivity contribution is 5.94. The van der Waals surface area contributed by atoms with Crippen LogP contribution in [0.4, 0.5) is 13.2 Å². The third-order valence-corrected chi connectivity index (χ3v) is 1.42. The Labute approximate surface area is 78.7 Å². The zero-order chi connectivity index (χ0) is 10.6. The van der Waals surface area contributed by atoms with Gasteiger partial charge in [0, 0.05) is 5.56 Å².